The van der Waals surface area contributed by atoms with Crippen LogP contribution in [0.2, 0.25) is 0 Å². The van der Waals surface area contributed by atoms with Crippen molar-refractivity contribution < 1.29 is 4.79 Å². The van der Waals surface area contributed by atoms with Gasteiger partial charge in [-0.2, -0.15) is 0 Å². The van der Waals surface area contributed by atoms with E-state index in [4.69, 9.17) is 11.5 Å². The molecular weight excluding hydrogens is 190 g/mol. The molecular formula is C11H21N3O. The molecule has 1 amide bonds. The zero-order valence-electron chi connectivity index (χ0n) is 9.57. The summed E-state index contributed by atoms with van der Waals surface area (Å²) in [4.78, 5) is 15.4. The van der Waals surface area contributed by atoms with Gasteiger partial charge in [0.1, 0.15) is 6.04 Å². The number of carbonyl (C=O) groups is 1. The molecule has 0 bridgehead atoms. The van der Waals surface area contributed by atoms with Crippen LogP contribution in [0.1, 0.15) is 39.5 Å². The first-order chi connectivity index (χ1) is 7.02. The van der Waals surface area contributed by atoms with E-state index in [1.807, 2.05) is 13.8 Å². The van der Waals surface area contributed by atoms with Crippen molar-refractivity contribution in [2.75, 3.05) is 0 Å². The van der Waals surface area contributed by atoms with Gasteiger partial charge >= 0.3 is 0 Å². The SMILES string of the molecule is CC(C)C(N=C(N)C1CCCC1)C(N)=O. The Bertz CT molecular complexity index is 255. The molecule has 1 aliphatic carbocycles. The van der Waals surface area contributed by atoms with Crippen LogP contribution in [-0.4, -0.2) is 17.8 Å². The molecule has 1 fully saturated rings. The number of nitrogens with two attached hydrogens (primary N) is 2. The minimum atomic E-state index is -0.467. The summed E-state index contributed by atoms with van der Waals surface area (Å²) in [5, 5.41) is 0. The molecule has 1 atom stereocenters. The summed E-state index contributed by atoms with van der Waals surface area (Å²) in [6, 6.07) is -0.467. The smallest absolute Gasteiger partial charge is 0.242 e. The maximum Gasteiger partial charge on any atom is 0.242 e. The standard InChI is InChI=1S/C11H21N3O/c1-7(2)9(11(13)15)14-10(12)8-5-3-4-6-8/h7-9H,3-6H2,1-2H3,(H2,12,14)(H2,13,15). The van der Waals surface area contributed by atoms with Crippen LogP contribution in [0.25, 0.3) is 0 Å². The molecule has 4 heteroatoms. The second kappa shape index (κ2) is 5.14. The van der Waals surface area contributed by atoms with Crippen LogP contribution in [-0.2, 0) is 4.79 Å². The lowest BCUT2D eigenvalue weighted by Crippen LogP contribution is -2.35. The van der Waals surface area contributed by atoms with Crippen LogP contribution in [0.5, 0.6) is 0 Å². The monoisotopic (exact) mass is 211 g/mol. The Balaban J connectivity index is 2.68. The molecule has 4 N–H and O–H groups in total. The third-order valence-corrected chi connectivity index (χ3v) is 2.98. The molecule has 0 aliphatic heterocycles. The molecule has 0 spiro atoms. The summed E-state index contributed by atoms with van der Waals surface area (Å²) < 4.78 is 0. The van der Waals surface area contributed by atoms with Crippen LogP contribution in [0.3, 0.4) is 0 Å². The van der Waals surface area contributed by atoms with E-state index in [2.05, 4.69) is 4.99 Å². The van der Waals surface area contributed by atoms with Gasteiger partial charge in [-0.3, -0.25) is 9.79 Å². The predicted octanol–water partition coefficient (Wildman–Crippen LogP) is 1.04. The molecule has 0 aromatic heterocycles. The molecule has 0 radical (unpaired) electrons. The zero-order chi connectivity index (χ0) is 11.4. The Morgan fingerprint density at radius 1 is 1.27 bits per heavy atom. The minimum absolute atomic E-state index is 0.113. The fourth-order valence-corrected chi connectivity index (χ4v) is 2.03. The first-order valence-electron chi connectivity index (χ1n) is 5.65. The lowest BCUT2D eigenvalue weighted by molar-refractivity contribution is -0.120. The number of amidine groups is 1. The van der Waals surface area contributed by atoms with Crippen LogP contribution in [0.4, 0.5) is 0 Å². The number of nitrogens with zero attached hydrogens (tertiary/aromatic N) is 1. The topological polar surface area (TPSA) is 81.5 Å². The molecule has 0 aromatic rings. The lowest BCUT2D eigenvalue weighted by atomic mass is 10.0. The molecule has 1 rings (SSSR count). The Morgan fingerprint density at radius 3 is 2.20 bits per heavy atom. The van der Waals surface area contributed by atoms with Crippen molar-refractivity contribution in [3.8, 4) is 0 Å². The molecule has 0 aromatic carbocycles. The number of hydrogen-bond acceptors (Lipinski definition) is 2. The maximum absolute atomic E-state index is 11.2. The molecule has 0 saturated heterocycles. The molecule has 1 aliphatic rings. The fourth-order valence-electron chi connectivity index (χ4n) is 2.03. The summed E-state index contributed by atoms with van der Waals surface area (Å²) in [5.41, 5.74) is 11.2. The van der Waals surface area contributed by atoms with E-state index < -0.39 is 6.04 Å². The summed E-state index contributed by atoms with van der Waals surface area (Å²) >= 11 is 0. The molecule has 15 heavy (non-hydrogen) atoms. The summed E-state index contributed by atoms with van der Waals surface area (Å²) in [6.45, 7) is 3.86. The zero-order valence-corrected chi connectivity index (χ0v) is 9.57. The molecule has 1 saturated carbocycles. The van der Waals surface area contributed by atoms with E-state index in [1.54, 1.807) is 0 Å². The molecule has 4 nitrogen and oxygen atoms in total. The number of carbonyl (C=O) groups excluding carboxylic acids is 1. The highest BCUT2D eigenvalue weighted by Gasteiger charge is 2.23. The van der Waals surface area contributed by atoms with Crippen LogP contribution < -0.4 is 11.5 Å². The van der Waals surface area contributed by atoms with Crippen molar-refractivity contribution in [3.63, 3.8) is 0 Å². The van der Waals surface area contributed by atoms with E-state index >= 15 is 0 Å². The van der Waals surface area contributed by atoms with Crippen LogP contribution in [0.15, 0.2) is 4.99 Å². The van der Waals surface area contributed by atoms with Gasteiger partial charge in [0.15, 0.2) is 0 Å². The van der Waals surface area contributed by atoms with Crippen molar-refractivity contribution in [2.45, 2.75) is 45.6 Å². The van der Waals surface area contributed by atoms with Gasteiger partial charge in [-0.25, -0.2) is 0 Å². The predicted molar refractivity (Wildman–Crippen MR) is 61.4 cm³/mol. The van der Waals surface area contributed by atoms with Gasteiger partial charge in [-0.15, -0.1) is 0 Å². The maximum atomic E-state index is 11.2. The van der Waals surface area contributed by atoms with Crippen molar-refractivity contribution >= 4 is 11.7 Å². The van der Waals surface area contributed by atoms with Crippen LogP contribution >= 0.6 is 0 Å². The normalized spacial score (nSPS) is 20.9. The molecule has 0 heterocycles. The van der Waals surface area contributed by atoms with E-state index in [9.17, 15) is 4.79 Å². The third kappa shape index (κ3) is 3.22. The summed E-state index contributed by atoms with van der Waals surface area (Å²) in [7, 11) is 0. The highest BCUT2D eigenvalue weighted by Crippen LogP contribution is 2.25. The van der Waals surface area contributed by atoms with Crippen molar-refractivity contribution in [1.29, 1.82) is 0 Å². The summed E-state index contributed by atoms with van der Waals surface area (Å²) in [6.07, 6.45) is 4.62. The first kappa shape index (κ1) is 12.0. The molecule has 86 valence electrons. The average molecular weight is 211 g/mol. The Morgan fingerprint density at radius 2 is 1.80 bits per heavy atom. The second-order valence-electron chi connectivity index (χ2n) is 4.63. The van der Waals surface area contributed by atoms with E-state index in [0.29, 0.717) is 11.8 Å². The van der Waals surface area contributed by atoms with Crippen molar-refractivity contribution in [3.05, 3.63) is 0 Å². The number of primary amides is 1. The second-order valence-corrected chi connectivity index (χ2v) is 4.63. The van der Waals surface area contributed by atoms with E-state index in [0.717, 1.165) is 12.8 Å². The van der Waals surface area contributed by atoms with Crippen molar-refractivity contribution in [2.24, 2.45) is 28.3 Å². The van der Waals surface area contributed by atoms with E-state index in [-0.39, 0.29) is 11.8 Å². The number of rotatable bonds is 4. The fraction of sp³-hybridized carbons (Fsp3) is 0.818. The number of hydrogen-bond donors (Lipinski definition) is 2. The Labute approximate surface area is 91.1 Å². The largest absolute Gasteiger partial charge is 0.387 e. The van der Waals surface area contributed by atoms with Gasteiger partial charge in [0.25, 0.3) is 0 Å². The highest BCUT2D eigenvalue weighted by atomic mass is 16.1. The lowest BCUT2D eigenvalue weighted by Gasteiger charge is -2.16. The van der Waals surface area contributed by atoms with Gasteiger partial charge in [-0.05, 0) is 18.8 Å². The third-order valence-electron chi connectivity index (χ3n) is 2.98. The average Bonchev–Trinajstić information content (AvgIpc) is 2.65. The van der Waals surface area contributed by atoms with E-state index in [1.165, 1.54) is 12.8 Å². The number of aliphatic imine (C=N–C) groups is 1. The van der Waals surface area contributed by atoms with Gasteiger partial charge in [-0.1, -0.05) is 26.7 Å². The van der Waals surface area contributed by atoms with Gasteiger partial charge < -0.3 is 11.5 Å². The Hall–Kier alpha value is -1.06. The minimum Gasteiger partial charge on any atom is -0.387 e. The first-order valence-corrected chi connectivity index (χ1v) is 5.65. The molecule has 1 unspecified atom stereocenters. The highest BCUT2D eigenvalue weighted by molar-refractivity contribution is 5.88. The quantitative estimate of drug-likeness (QED) is 0.538. The van der Waals surface area contributed by atoms with Gasteiger partial charge in [0.2, 0.25) is 5.91 Å². The van der Waals surface area contributed by atoms with Crippen molar-refractivity contribution in [1.82, 2.24) is 0 Å². The van der Waals surface area contributed by atoms with Gasteiger partial charge in [0, 0.05) is 5.92 Å². The van der Waals surface area contributed by atoms with Gasteiger partial charge in [0.05, 0.1) is 5.84 Å². The number of amides is 1. The Kier molecular flexibility index (Phi) is 4.12. The summed E-state index contributed by atoms with van der Waals surface area (Å²) in [5.74, 6) is 0.712. The van der Waals surface area contributed by atoms with Crippen LogP contribution in [0, 0.1) is 11.8 Å².